The molecule has 0 N–H and O–H groups in total. The van der Waals surface area contributed by atoms with Gasteiger partial charge in [-0.2, -0.15) is 0 Å². The Morgan fingerprint density at radius 1 is 1.03 bits per heavy atom. The van der Waals surface area contributed by atoms with E-state index >= 15 is 0 Å². The molecular weight excluding hydrogens is 532 g/mol. The van der Waals surface area contributed by atoms with E-state index in [1.54, 1.807) is 0 Å². The van der Waals surface area contributed by atoms with E-state index in [-0.39, 0.29) is 52.6 Å². The molecule has 0 radical (unpaired) electrons. The fraction of sp³-hybridized carbons (Fsp3) is 0.679. The second-order valence-corrected chi connectivity index (χ2v) is 23.6. The molecule has 0 bridgehead atoms. The number of benzene rings is 1. The molecule has 1 heterocycles. The number of rotatable bonds is 11. The summed E-state index contributed by atoms with van der Waals surface area (Å²) in [7, 11) is -4.44. The number of β-lactam (4-membered cyclic amide) rings is 1. The Hall–Kier alpha value is -2.38. The number of nitrogens with zero attached hydrogens (tertiary/aromatic N) is 2. The van der Waals surface area contributed by atoms with Crippen molar-refractivity contribution in [2.75, 3.05) is 0 Å². The normalized spacial score (nSPS) is 19.4. The van der Waals surface area contributed by atoms with Crippen molar-refractivity contribution in [2.45, 2.75) is 116 Å². The van der Waals surface area contributed by atoms with Gasteiger partial charge in [0.2, 0.25) is 5.91 Å². The highest BCUT2D eigenvalue weighted by Gasteiger charge is 2.59. The fourth-order valence-corrected chi connectivity index (χ4v) is 8.39. The zero-order valence-electron chi connectivity index (χ0n) is 25.4. The molecule has 0 unspecified atom stereocenters. The van der Waals surface area contributed by atoms with Crippen LogP contribution in [0.1, 0.15) is 66.9 Å². The standard InChI is InChI=1S/C28H46N2O7Si2/c1-19(37-39(10,11)28(5,6)7)25-23(29(26(25)33)38(8,9)27(2,3)4)16-22(31)17-24(32)36-18-20-12-14-21(15-13-20)30(34)35/h12-15,19,23,25H,16-18H2,1-11H3/t19-,23-,25-/m1/s1. The van der Waals surface area contributed by atoms with Crippen LogP contribution in [0.3, 0.4) is 0 Å². The highest BCUT2D eigenvalue weighted by molar-refractivity contribution is 6.80. The van der Waals surface area contributed by atoms with Crippen LogP contribution in [0, 0.1) is 16.0 Å². The molecule has 9 nitrogen and oxygen atoms in total. The predicted molar refractivity (Wildman–Crippen MR) is 156 cm³/mol. The summed E-state index contributed by atoms with van der Waals surface area (Å²) in [6, 6.07) is 5.38. The maximum absolute atomic E-state index is 13.6. The molecule has 1 aromatic carbocycles. The lowest BCUT2D eigenvalue weighted by molar-refractivity contribution is -0.384. The first-order chi connectivity index (χ1) is 17.6. The van der Waals surface area contributed by atoms with Gasteiger partial charge in [0.25, 0.3) is 5.69 Å². The Bertz CT molecular complexity index is 1090. The van der Waals surface area contributed by atoms with Crippen LogP contribution in [0.5, 0.6) is 0 Å². The first kappa shape index (κ1) is 32.8. The summed E-state index contributed by atoms with van der Waals surface area (Å²) in [5, 5.41) is 10.7. The lowest BCUT2D eigenvalue weighted by atomic mass is 9.82. The van der Waals surface area contributed by atoms with E-state index in [4.69, 9.17) is 9.16 Å². The molecular formula is C28H46N2O7Si2. The zero-order valence-corrected chi connectivity index (χ0v) is 27.4. The Morgan fingerprint density at radius 3 is 2.03 bits per heavy atom. The molecule has 1 amide bonds. The molecule has 1 fully saturated rings. The van der Waals surface area contributed by atoms with Gasteiger partial charge in [-0.05, 0) is 47.8 Å². The second-order valence-electron chi connectivity index (χ2n) is 13.7. The molecule has 0 aliphatic carbocycles. The quantitative estimate of drug-likeness (QED) is 0.0763. The number of hydrogen-bond donors (Lipinski definition) is 0. The molecule has 218 valence electrons. The number of ether oxygens (including phenoxy) is 1. The van der Waals surface area contributed by atoms with Crippen molar-refractivity contribution in [1.82, 2.24) is 4.57 Å². The third kappa shape index (κ3) is 7.43. The van der Waals surface area contributed by atoms with Crippen molar-refractivity contribution in [1.29, 1.82) is 0 Å². The van der Waals surface area contributed by atoms with Crippen LogP contribution < -0.4 is 0 Å². The van der Waals surface area contributed by atoms with Crippen LogP contribution in [-0.4, -0.2) is 55.8 Å². The van der Waals surface area contributed by atoms with Gasteiger partial charge in [0.05, 0.1) is 16.9 Å². The SMILES string of the molecule is C[C@@H](O[Si](C)(C)C(C)(C)C)[C@H]1C(=O)N([Si](C)(C)C(C)(C)C)[C@@H]1CC(=O)CC(=O)OCc1ccc([N+](=O)[O-])cc1. The molecule has 1 aliphatic rings. The molecule has 1 aliphatic heterocycles. The summed E-state index contributed by atoms with van der Waals surface area (Å²) in [4.78, 5) is 49.5. The number of nitro groups is 1. The van der Waals surface area contributed by atoms with Gasteiger partial charge in [-0.3, -0.25) is 24.5 Å². The molecule has 1 aromatic rings. The van der Waals surface area contributed by atoms with Gasteiger partial charge in [0.15, 0.2) is 16.6 Å². The van der Waals surface area contributed by atoms with Crippen molar-refractivity contribution >= 4 is 39.9 Å². The number of carbonyl (C=O) groups is 3. The number of nitro benzene ring substituents is 1. The highest BCUT2D eigenvalue weighted by atomic mass is 28.4. The van der Waals surface area contributed by atoms with E-state index in [9.17, 15) is 24.5 Å². The maximum atomic E-state index is 13.6. The lowest BCUT2D eigenvalue weighted by Crippen LogP contribution is -2.75. The average molecular weight is 579 g/mol. The number of Topliss-reactive ketones (excluding diaryl/α,β-unsaturated/α-hetero) is 1. The molecule has 1 saturated heterocycles. The van der Waals surface area contributed by atoms with Crippen molar-refractivity contribution in [3.05, 3.63) is 39.9 Å². The Morgan fingerprint density at radius 2 is 1.56 bits per heavy atom. The smallest absolute Gasteiger partial charge is 0.313 e. The summed E-state index contributed by atoms with van der Waals surface area (Å²) < 4.78 is 13.8. The van der Waals surface area contributed by atoms with Crippen LogP contribution in [-0.2, 0) is 30.2 Å². The average Bonchev–Trinajstić information content (AvgIpc) is 2.75. The van der Waals surface area contributed by atoms with Crippen molar-refractivity contribution in [3.63, 3.8) is 0 Å². The largest absolute Gasteiger partial charge is 0.460 e. The molecule has 3 atom stereocenters. The molecule has 2 rings (SSSR count). The van der Waals surface area contributed by atoms with Gasteiger partial charge in [0, 0.05) is 24.6 Å². The summed E-state index contributed by atoms with van der Waals surface area (Å²) >= 11 is 0. The number of esters is 1. The van der Waals surface area contributed by atoms with Gasteiger partial charge in [-0.15, -0.1) is 0 Å². The minimum atomic E-state index is -2.29. The Labute approximate surface area is 235 Å². The monoisotopic (exact) mass is 578 g/mol. The van der Waals surface area contributed by atoms with Crippen LogP contribution in [0.2, 0.25) is 36.3 Å². The van der Waals surface area contributed by atoms with Crippen molar-refractivity contribution in [2.24, 2.45) is 5.92 Å². The third-order valence-electron chi connectivity index (χ3n) is 8.82. The molecule has 0 aromatic heterocycles. The topological polar surface area (TPSA) is 116 Å². The molecule has 0 saturated carbocycles. The molecule has 0 spiro atoms. The fourth-order valence-electron chi connectivity index (χ4n) is 4.46. The van der Waals surface area contributed by atoms with Crippen molar-refractivity contribution < 1.29 is 28.5 Å². The zero-order chi connectivity index (χ0) is 30.1. The minimum Gasteiger partial charge on any atom is -0.460 e. The van der Waals surface area contributed by atoms with E-state index < -0.39 is 39.8 Å². The van der Waals surface area contributed by atoms with Gasteiger partial charge in [-0.1, -0.05) is 54.6 Å². The van der Waals surface area contributed by atoms with Gasteiger partial charge in [-0.25, -0.2) is 0 Å². The number of ketones is 1. The first-order valence-electron chi connectivity index (χ1n) is 13.5. The van der Waals surface area contributed by atoms with E-state index in [0.717, 1.165) is 0 Å². The van der Waals surface area contributed by atoms with E-state index in [2.05, 4.69) is 67.7 Å². The lowest BCUT2D eigenvalue weighted by Gasteiger charge is -2.60. The second kappa shape index (κ2) is 11.6. The Kier molecular flexibility index (Phi) is 9.78. The van der Waals surface area contributed by atoms with E-state index in [1.807, 2.05) is 11.5 Å². The van der Waals surface area contributed by atoms with Gasteiger partial charge < -0.3 is 13.7 Å². The highest BCUT2D eigenvalue weighted by Crippen LogP contribution is 2.48. The van der Waals surface area contributed by atoms with Gasteiger partial charge in [0.1, 0.15) is 18.8 Å². The van der Waals surface area contributed by atoms with Crippen LogP contribution in [0.25, 0.3) is 0 Å². The predicted octanol–water partition coefficient (Wildman–Crippen LogP) is 6.23. The number of non-ortho nitro benzene ring substituents is 1. The van der Waals surface area contributed by atoms with E-state index in [0.29, 0.717) is 5.56 Å². The third-order valence-corrected chi connectivity index (χ3v) is 18.8. The number of amides is 1. The van der Waals surface area contributed by atoms with Crippen molar-refractivity contribution in [3.8, 4) is 0 Å². The Balaban J connectivity index is 2.15. The number of carbonyl (C=O) groups excluding carboxylic acids is 3. The van der Waals surface area contributed by atoms with Crippen LogP contribution >= 0.6 is 0 Å². The van der Waals surface area contributed by atoms with Crippen LogP contribution in [0.4, 0.5) is 5.69 Å². The van der Waals surface area contributed by atoms with Crippen LogP contribution in [0.15, 0.2) is 24.3 Å². The first-order valence-corrected chi connectivity index (χ1v) is 19.4. The summed E-state index contributed by atoms with van der Waals surface area (Å²) in [6.45, 7) is 23.3. The number of hydrogen-bond acceptors (Lipinski definition) is 7. The summed E-state index contributed by atoms with van der Waals surface area (Å²) in [5.41, 5.74) is 0.537. The maximum Gasteiger partial charge on any atom is 0.313 e. The molecule has 39 heavy (non-hydrogen) atoms. The molecule has 11 heteroatoms. The van der Waals surface area contributed by atoms with Gasteiger partial charge >= 0.3 is 5.97 Å². The summed E-state index contributed by atoms with van der Waals surface area (Å²) in [5.74, 6) is -1.35. The summed E-state index contributed by atoms with van der Waals surface area (Å²) in [6.07, 6.45) is -0.667. The minimum absolute atomic E-state index is 0.0219. The van der Waals surface area contributed by atoms with E-state index in [1.165, 1.54) is 24.3 Å².